The van der Waals surface area contributed by atoms with Crippen LogP contribution in [0.5, 0.6) is 5.75 Å². The molecule has 0 radical (unpaired) electrons. The van der Waals surface area contributed by atoms with E-state index in [9.17, 15) is 0 Å². The van der Waals surface area contributed by atoms with Gasteiger partial charge in [-0.2, -0.15) is 0 Å². The zero-order chi connectivity index (χ0) is 11.0. The van der Waals surface area contributed by atoms with Crippen LogP contribution in [-0.4, -0.2) is 12.1 Å². The average Bonchev–Trinajstić information content (AvgIpc) is 2.38. The number of aromatic nitrogens is 1. The Balaban J connectivity index is 2.57. The highest BCUT2D eigenvalue weighted by molar-refractivity contribution is 6.08. The van der Waals surface area contributed by atoms with E-state index < -0.39 is 0 Å². The third-order valence-corrected chi connectivity index (χ3v) is 2.80. The first-order valence-corrected chi connectivity index (χ1v) is 5.20. The molecule has 1 aromatic heterocycles. The Bertz CT molecular complexity index is 661. The number of hydrogen-bond acceptors (Lipinski definition) is 2. The van der Waals surface area contributed by atoms with E-state index in [0.717, 1.165) is 16.7 Å². The fourth-order valence-corrected chi connectivity index (χ4v) is 2.05. The van der Waals surface area contributed by atoms with Crippen LogP contribution in [0.4, 0.5) is 0 Å². The molecule has 0 aliphatic rings. The van der Waals surface area contributed by atoms with Gasteiger partial charge < -0.3 is 4.74 Å². The molecule has 3 aromatic rings. The predicted molar refractivity (Wildman–Crippen MR) is 65.8 cm³/mol. The summed E-state index contributed by atoms with van der Waals surface area (Å²) in [6.45, 7) is 0. The molecule has 16 heavy (non-hydrogen) atoms. The van der Waals surface area contributed by atoms with Crippen LogP contribution in [0.25, 0.3) is 21.7 Å². The molecule has 0 aliphatic carbocycles. The number of methoxy groups -OCH3 is 1. The average molecular weight is 209 g/mol. The molecule has 0 unspecified atom stereocenters. The fourth-order valence-electron chi connectivity index (χ4n) is 2.05. The van der Waals surface area contributed by atoms with Crippen molar-refractivity contribution in [2.75, 3.05) is 7.11 Å². The van der Waals surface area contributed by atoms with Crippen molar-refractivity contribution in [2.45, 2.75) is 0 Å². The highest BCUT2D eigenvalue weighted by Crippen LogP contribution is 2.31. The Labute approximate surface area is 93.5 Å². The van der Waals surface area contributed by atoms with E-state index in [1.54, 1.807) is 13.3 Å². The molecule has 0 spiro atoms. The standard InChI is InChI=1S/C14H11NO/c1-16-13-9-10-5-2-3-6-11(10)12-7-4-8-15-14(12)13/h2-9H,1H3. The van der Waals surface area contributed by atoms with E-state index in [-0.39, 0.29) is 0 Å². The minimum absolute atomic E-state index is 0.828. The second-order valence-electron chi connectivity index (χ2n) is 3.70. The Hall–Kier alpha value is -2.09. The second-order valence-corrected chi connectivity index (χ2v) is 3.70. The normalized spacial score (nSPS) is 10.8. The Morgan fingerprint density at radius 3 is 2.69 bits per heavy atom. The van der Waals surface area contributed by atoms with Crippen molar-refractivity contribution in [3.8, 4) is 5.75 Å². The van der Waals surface area contributed by atoms with E-state index in [1.807, 2.05) is 24.3 Å². The third kappa shape index (κ3) is 1.23. The van der Waals surface area contributed by atoms with Gasteiger partial charge in [-0.05, 0) is 22.9 Å². The number of fused-ring (bicyclic) bond motifs is 3. The lowest BCUT2D eigenvalue weighted by Gasteiger charge is -2.07. The van der Waals surface area contributed by atoms with Crippen LogP contribution in [0.3, 0.4) is 0 Å². The molecule has 3 rings (SSSR count). The lowest BCUT2D eigenvalue weighted by molar-refractivity contribution is 0.419. The number of pyridine rings is 1. The van der Waals surface area contributed by atoms with Gasteiger partial charge in [-0.15, -0.1) is 0 Å². The first-order chi connectivity index (χ1) is 7.90. The van der Waals surface area contributed by atoms with Gasteiger partial charge in [0, 0.05) is 11.6 Å². The van der Waals surface area contributed by atoms with Gasteiger partial charge in [0.1, 0.15) is 11.3 Å². The molecule has 0 bridgehead atoms. The lowest BCUT2D eigenvalue weighted by atomic mass is 10.0. The summed E-state index contributed by atoms with van der Waals surface area (Å²) in [5.41, 5.74) is 0.920. The Morgan fingerprint density at radius 1 is 1.00 bits per heavy atom. The molecule has 1 heterocycles. The summed E-state index contributed by atoms with van der Waals surface area (Å²) >= 11 is 0. The molecule has 0 fully saturated rings. The van der Waals surface area contributed by atoms with Gasteiger partial charge in [0.15, 0.2) is 0 Å². The monoisotopic (exact) mass is 209 g/mol. The van der Waals surface area contributed by atoms with Crippen molar-refractivity contribution in [3.05, 3.63) is 48.7 Å². The van der Waals surface area contributed by atoms with Crippen molar-refractivity contribution in [1.29, 1.82) is 0 Å². The van der Waals surface area contributed by atoms with Gasteiger partial charge in [-0.1, -0.05) is 30.3 Å². The minimum atomic E-state index is 0.828. The molecule has 0 amide bonds. The van der Waals surface area contributed by atoms with Gasteiger partial charge in [-0.3, -0.25) is 4.98 Å². The van der Waals surface area contributed by atoms with Gasteiger partial charge in [-0.25, -0.2) is 0 Å². The number of rotatable bonds is 1. The summed E-state index contributed by atoms with van der Waals surface area (Å²) in [6, 6.07) is 14.3. The van der Waals surface area contributed by atoms with Crippen LogP contribution in [0.2, 0.25) is 0 Å². The highest BCUT2D eigenvalue weighted by Gasteiger charge is 2.06. The maximum atomic E-state index is 5.37. The summed E-state index contributed by atoms with van der Waals surface area (Å²) in [5.74, 6) is 0.828. The molecule has 2 heteroatoms. The predicted octanol–water partition coefficient (Wildman–Crippen LogP) is 3.40. The quantitative estimate of drug-likeness (QED) is 0.573. The number of nitrogens with zero attached hydrogens (tertiary/aromatic N) is 1. The highest BCUT2D eigenvalue weighted by atomic mass is 16.5. The fraction of sp³-hybridized carbons (Fsp3) is 0.0714. The Kier molecular flexibility index (Phi) is 2.00. The van der Waals surface area contributed by atoms with E-state index in [4.69, 9.17) is 4.74 Å². The number of hydrogen-bond donors (Lipinski definition) is 0. The van der Waals surface area contributed by atoms with Crippen LogP contribution in [-0.2, 0) is 0 Å². The first kappa shape index (κ1) is 9.16. The van der Waals surface area contributed by atoms with Crippen molar-refractivity contribution >= 4 is 21.7 Å². The maximum Gasteiger partial charge on any atom is 0.145 e. The molecule has 0 N–H and O–H groups in total. The van der Waals surface area contributed by atoms with Gasteiger partial charge in [0.2, 0.25) is 0 Å². The van der Waals surface area contributed by atoms with Crippen LogP contribution in [0, 0.1) is 0 Å². The molecule has 0 aliphatic heterocycles. The van der Waals surface area contributed by atoms with Crippen LogP contribution in [0.15, 0.2) is 48.7 Å². The van der Waals surface area contributed by atoms with Gasteiger partial charge >= 0.3 is 0 Å². The van der Waals surface area contributed by atoms with Gasteiger partial charge in [0.25, 0.3) is 0 Å². The summed E-state index contributed by atoms with van der Waals surface area (Å²) in [4.78, 5) is 4.38. The molecule has 0 atom stereocenters. The zero-order valence-corrected chi connectivity index (χ0v) is 8.97. The number of ether oxygens (including phenoxy) is 1. The number of benzene rings is 2. The third-order valence-electron chi connectivity index (χ3n) is 2.80. The van der Waals surface area contributed by atoms with Crippen molar-refractivity contribution in [3.63, 3.8) is 0 Å². The summed E-state index contributed by atoms with van der Waals surface area (Å²) in [6.07, 6.45) is 1.79. The topological polar surface area (TPSA) is 22.1 Å². The summed E-state index contributed by atoms with van der Waals surface area (Å²) in [5, 5.41) is 3.53. The largest absolute Gasteiger partial charge is 0.494 e. The van der Waals surface area contributed by atoms with E-state index >= 15 is 0 Å². The molecule has 0 saturated carbocycles. The van der Waals surface area contributed by atoms with E-state index in [0.29, 0.717) is 0 Å². The smallest absolute Gasteiger partial charge is 0.145 e. The maximum absolute atomic E-state index is 5.37. The molecule has 2 nitrogen and oxygen atoms in total. The SMILES string of the molecule is COc1cc2ccccc2c2cccnc12. The minimum Gasteiger partial charge on any atom is -0.494 e. The zero-order valence-electron chi connectivity index (χ0n) is 8.97. The first-order valence-electron chi connectivity index (χ1n) is 5.20. The molecular formula is C14H11NO. The lowest BCUT2D eigenvalue weighted by Crippen LogP contribution is -1.88. The second kappa shape index (κ2) is 3.49. The summed E-state index contributed by atoms with van der Waals surface area (Å²) < 4.78 is 5.37. The van der Waals surface area contributed by atoms with Crippen LogP contribution in [0.1, 0.15) is 0 Å². The van der Waals surface area contributed by atoms with Crippen molar-refractivity contribution in [1.82, 2.24) is 4.98 Å². The van der Waals surface area contributed by atoms with Gasteiger partial charge in [0.05, 0.1) is 7.11 Å². The van der Waals surface area contributed by atoms with Crippen molar-refractivity contribution in [2.24, 2.45) is 0 Å². The van der Waals surface area contributed by atoms with E-state index in [1.165, 1.54) is 10.8 Å². The Morgan fingerprint density at radius 2 is 1.81 bits per heavy atom. The van der Waals surface area contributed by atoms with Crippen LogP contribution >= 0.6 is 0 Å². The van der Waals surface area contributed by atoms with Crippen LogP contribution < -0.4 is 4.74 Å². The van der Waals surface area contributed by atoms with E-state index in [2.05, 4.69) is 23.2 Å². The molecule has 78 valence electrons. The summed E-state index contributed by atoms with van der Waals surface area (Å²) in [7, 11) is 1.68. The molecule has 0 saturated heterocycles. The molecule has 2 aromatic carbocycles. The van der Waals surface area contributed by atoms with Crippen molar-refractivity contribution < 1.29 is 4.74 Å². The molecular weight excluding hydrogens is 198 g/mol.